The van der Waals surface area contributed by atoms with Crippen LogP contribution in [0.1, 0.15) is 20.8 Å². The van der Waals surface area contributed by atoms with E-state index in [4.69, 9.17) is 4.74 Å². The minimum Gasteiger partial charge on any atom is -0.492 e. The highest BCUT2D eigenvalue weighted by Gasteiger charge is 2.16. The summed E-state index contributed by atoms with van der Waals surface area (Å²) in [5.41, 5.74) is 0.489. The lowest BCUT2D eigenvalue weighted by Crippen LogP contribution is -2.39. The summed E-state index contributed by atoms with van der Waals surface area (Å²) in [6.45, 7) is 5.92. The van der Waals surface area contributed by atoms with Crippen molar-refractivity contribution in [2.75, 3.05) is 11.9 Å². The van der Waals surface area contributed by atoms with Crippen LogP contribution in [0.3, 0.4) is 0 Å². The van der Waals surface area contributed by atoms with Crippen LogP contribution in [0, 0.1) is 0 Å². The van der Waals surface area contributed by atoms with E-state index < -0.39 is 11.8 Å². The van der Waals surface area contributed by atoms with E-state index in [1.165, 1.54) is 0 Å². The van der Waals surface area contributed by atoms with Crippen LogP contribution in [0.25, 0.3) is 0 Å². The smallest absolute Gasteiger partial charge is 0.313 e. The van der Waals surface area contributed by atoms with Crippen molar-refractivity contribution < 1.29 is 14.3 Å². The molecule has 0 aliphatic heterocycles. The third-order valence-corrected chi connectivity index (χ3v) is 2.06. The summed E-state index contributed by atoms with van der Waals surface area (Å²) in [7, 11) is 0. The zero-order valence-electron chi connectivity index (χ0n) is 10.8. The summed E-state index contributed by atoms with van der Waals surface area (Å²) in [6, 6.07) is 6.91. The summed E-state index contributed by atoms with van der Waals surface area (Å²) >= 11 is 0. The zero-order valence-corrected chi connectivity index (χ0v) is 10.8. The van der Waals surface area contributed by atoms with E-state index >= 15 is 0 Å². The van der Waals surface area contributed by atoms with Crippen molar-refractivity contribution >= 4 is 17.5 Å². The standard InChI is InChI=1S/C13H18N2O3/c1-4-18-11-8-6-5-7-10(11)15-13(17)12(16)14-9(2)3/h5-9H,4H2,1-3H3,(H,14,16)(H,15,17). The number of ether oxygens (including phenoxy) is 1. The zero-order chi connectivity index (χ0) is 13.5. The monoisotopic (exact) mass is 250 g/mol. The first-order valence-corrected chi connectivity index (χ1v) is 5.88. The third-order valence-electron chi connectivity index (χ3n) is 2.06. The Bertz CT molecular complexity index is 430. The molecule has 2 amide bonds. The minimum atomic E-state index is -0.698. The molecule has 1 aromatic carbocycles. The summed E-state index contributed by atoms with van der Waals surface area (Å²) in [6.07, 6.45) is 0. The third kappa shape index (κ3) is 4.08. The van der Waals surface area contributed by atoms with Crippen LogP contribution in [-0.4, -0.2) is 24.5 Å². The van der Waals surface area contributed by atoms with Gasteiger partial charge in [-0.2, -0.15) is 0 Å². The Labute approximate surface area is 107 Å². The molecule has 98 valence electrons. The van der Waals surface area contributed by atoms with Crippen molar-refractivity contribution in [1.82, 2.24) is 5.32 Å². The van der Waals surface area contributed by atoms with Crippen LogP contribution in [-0.2, 0) is 9.59 Å². The molecular weight excluding hydrogens is 232 g/mol. The molecule has 0 fully saturated rings. The van der Waals surface area contributed by atoms with Crippen LogP contribution < -0.4 is 15.4 Å². The number of hydrogen-bond donors (Lipinski definition) is 2. The molecule has 1 aromatic rings. The second kappa shape index (κ2) is 6.64. The fourth-order valence-electron chi connectivity index (χ4n) is 1.36. The topological polar surface area (TPSA) is 67.4 Å². The van der Waals surface area contributed by atoms with E-state index in [0.29, 0.717) is 18.0 Å². The molecule has 0 bridgehead atoms. The molecule has 5 nitrogen and oxygen atoms in total. The molecule has 0 aromatic heterocycles. The Morgan fingerprint density at radius 3 is 2.50 bits per heavy atom. The summed E-state index contributed by atoms with van der Waals surface area (Å²) in [4.78, 5) is 23.1. The van der Waals surface area contributed by atoms with Gasteiger partial charge in [-0.1, -0.05) is 12.1 Å². The van der Waals surface area contributed by atoms with Crippen molar-refractivity contribution in [3.63, 3.8) is 0 Å². The molecule has 5 heteroatoms. The van der Waals surface area contributed by atoms with E-state index in [2.05, 4.69) is 10.6 Å². The maximum absolute atomic E-state index is 11.6. The number of rotatable bonds is 4. The van der Waals surface area contributed by atoms with Gasteiger partial charge in [0.05, 0.1) is 12.3 Å². The number of hydrogen-bond acceptors (Lipinski definition) is 3. The highest BCUT2D eigenvalue weighted by atomic mass is 16.5. The maximum atomic E-state index is 11.6. The number of amides is 2. The molecule has 0 heterocycles. The van der Waals surface area contributed by atoms with E-state index in [1.54, 1.807) is 38.1 Å². The summed E-state index contributed by atoms with van der Waals surface area (Å²) < 4.78 is 5.35. The Hall–Kier alpha value is -2.04. The van der Waals surface area contributed by atoms with Gasteiger partial charge in [0.25, 0.3) is 0 Å². The highest BCUT2D eigenvalue weighted by Crippen LogP contribution is 2.23. The van der Waals surface area contributed by atoms with Gasteiger partial charge < -0.3 is 15.4 Å². The SMILES string of the molecule is CCOc1ccccc1NC(=O)C(=O)NC(C)C. The second-order valence-corrected chi connectivity index (χ2v) is 4.01. The molecule has 0 radical (unpaired) electrons. The first kappa shape index (κ1) is 14.0. The van der Waals surface area contributed by atoms with Crippen molar-refractivity contribution in [1.29, 1.82) is 0 Å². The van der Waals surface area contributed by atoms with Crippen molar-refractivity contribution in [3.05, 3.63) is 24.3 Å². The molecule has 1 rings (SSSR count). The summed E-state index contributed by atoms with van der Waals surface area (Å²) in [5, 5.41) is 5.05. The largest absolute Gasteiger partial charge is 0.492 e. The molecule has 0 aliphatic carbocycles. The number of nitrogens with one attached hydrogen (secondary N) is 2. The predicted octanol–water partition coefficient (Wildman–Crippen LogP) is 1.55. The van der Waals surface area contributed by atoms with E-state index in [-0.39, 0.29) is 6.04 Å². The molecule has 2 N–H and O–H groups in total. The first-order chi connectivity index (χ1) is 8.54. The van der Waals surface area contributed by atoms with Gasteiger partial charge in [0.15, 0.2) is 0 Å². The average Bonchev–Trinajstić information content (AvgIpc) is 2.31. The molecule has 0 saturated carbocycles. The van der Waals surface area contributed by atoms with Crippen molar-refractivity contribution in [2.45, 2.75) is 26.8 Å². The number of carbonyl (C=O) groups excluding carboxylic acids is 2. The lowest BCUT2D eigenvalue weighted by molar-refractivity contribution is -0.136. The Morgan fingerprint density at radius 2 is 1.89 bits per heavy atom. The van der Waals surface area contributed by atoms with Gasteiger partial charge in [-0.25, -0.2) is 0 Å². The molecule has 0 unspecified atom stereocenters. The molecule has 0 aliphatic rings. The summed E-state index contributed by atoms with van der Waals surface area (Å²) in [5.74, 6) is -0.808. The average molecular weight is 250 g/mol. The normalized spacial score (nSPS) is 10.0. The quantitative estimate of drug-likeness (QED) is 0.797. The van der Waals surface area contributed by atoms with Crippen LogP contribution in [0.4, 0.5) is 5.69 Å². The molecule has 0 saturated heterocycles. The van der Waals surface area contributed by atoms with Gasteiger partial charge >= 0.3 is 11.8 Å². The van der Waals surface area contributed by atoms with Gasteiger partial charge in [-0.05, 0) is 32.9 Å². The Balaban J connectivity index is 2.72. The van der Waals surface area contributed by atoms with Crippen molar-refractivity contribution in [2.24, 2.45) is 0 Å². The number of para-hydroxylation sites is 2. The fourth-order valence-corrected chi connectivity index (χ4v) is 1.36. The first-order valence-electron chi connectivity index (χ1n) is 5.88. The molecule has 18 heavy (non-hydrogen) atoms. The predicted molar refractivity (Wildman–Crippen MR) is 69.5 cm³/mol. The van der Waals surface area contributed by atoms with Crippen molar-refractivity contribution in [3.8, 4) is 5.75 Å². The van der Waals surface area contributed by atoms with Crippen LogP contribution >= 0.6 is 0 Å². The number of benzene rings is 1. The lowest BCUT2D eigenvalue weighted by atomic mass is 10.3. The van der Waals surface area contributed by atoms with Crippen LogP contribution in [0.2, 0.25) is 0 Å². The van der Waals surface area contributed by atoms with Crippen LogP contribution in [0.15, 0.2) is 24.3 Å². The minimum absolute atomic E-state index is 0.0783. The highest BCUT2D eigenvalue weighted by molar-refractivity contribution is 6.39. The fraction of sp³-hybridized carbons (Fsp3) is 0.385. The lowest BCUT2D eigenvalue weighted by Gasteiger charge is -2.12. The van der Waals surface area contributed by atoms with E-state index in [9.17, 15) is 9.59 Å². The Kier molecular flexibility index (Phi) is 5.17. The Morgan fingerprint density at radius 1 is 1.22 bits per heavy atom. The molecule has 0 atom stereocenters. The maximum Gasteiger partial charge on any atom is 0.313 e. The van der Waals surface area contributed by atoms with E-state index in [1.807, 2.05) is 6.92 Å². The van der Waals surface area contributed by atoms with E-state index in [0.717, 1.165) is 0 Å². The van der Waals surface area contributed by atoms with Gasteiger partial charge in [0, 0.05) is 6.04 Å². The van der Waals surface area contributed by atoms with Gasteiger partial charge in [-0.15, -0.1) is 0 Å². The van der Waals surface area contributed by atoms with Crippen LogP contribution in [0.5, 0.6) is 5.75 Å². The van der Waals surface area contributed by atoms with Gasteiger partial charge in [0.1, 0.15) is 5.75 Å². The molecule has 0 spiro atoms. The number of carbonyl (C=O) groups is 2. The van der Waals surface area contributed by atoms with Gasteiger partial charge in [-0.3, -0.25) is 9.59 Å². The second-order valence-electron chi connectivity index (χ2n) is 4.01. The number of anilines is 1. The molecular formula is C13H18N2O3. The van der Waals surface area contributed by atoms with Gasteiger partial charge in [0.2, 0.25) is 0 Å².